The average Bonchev–Trinajstić information content (AvgIpc) is 3.13. The summed E-state index contributed by atoms with van der Waals surface area (Å²) in [5.74, 6) is -1.34. The zero-order chi connectivity index (χ0) is 37.6. The van der Waals surface area contributed by atoms with Crippen molar-refractivity contribution in [2.75, 3.05) is 55.1 Å². The van der Waals surface area contributed by atoms with E-state index in [-0.39, 0.29) is 28.8 Å². The molecule has 0 saturated carbocycles. The molecule has 4 rings (SSSR count). The molecular weight excluding hydrogens is 606 g/mol. The number of carbonyl (C=O) groups excluding carboxylic acids is 1. The van der Waals surface area contributed by atoms with Crippen LogP contribution < -0.4 is 19.9 Å². The summed E-state index contributed by atoms with van der Waals surface area (Å²) in [7, 11) is -2.71. The number of esters is 1. The van der Waals surface area contributed by atoms with Crippen molar-refractivity contribution in [3.8, 4) is 5.75 Å². The summed E-state index contributed by atoms with van der Waals surface area (Å²) in [4.78, 5) is 39.9. The van der Waals surface area contributed by atoms with E-state index < -0.39 is 70.5 Å². The van der Waals surface area contributed by atoms with Gasteiger partial charge in [-0.05, 0) is 32.9 Å². The number of methoxy groups -OCH3 is 1. The van der Waals surface area contributed by atoms with E-state index in [1.54, 1.807) is 46.8 Å². The minimum absolute atomic E-state index is 0.0910. The SMILES string of the molecule is [2H]C([2H])([2H])N(CCOS(C)(=O)=O)c1cc(OC)c(Nc2ncc(C(=O)OC(C)C)c(N3c4ccc(C)nc4C(C)(C)C3([2H])[2H])n2)cc1[N+](=O)[O-]. The van der Waals surface area contributed by atoms with E-state index in [1.807, 2.05) is 0 Å². The lowest BCUT2D eigenvalue weighted by Crippen LogP contribution is -2.28. The number of benzene rings is 1. The monoisotopic (exact) mass is 648 g/mol. The normalized spacial score (nSPS) is 16.9. The van der Waals surface area contributed by atoms with E-state index in [4.69, 9.17) is 13.6 Å². The van der Waals surface area contributed by atoms with Crippen molar-refractivity contribution in [1.82, 2.24) is 15.0 Å². The standard InChI is InChI=1S/C29H37N7O8S/c1-17(2)44-27(37)19-15-30-28(33-26(19)35-16-29(4,5)25-21(35)10-9-18(3)31-25)32-20-13-23(36(38)39)22(14-24(20)42-7)34(6)11-12-43-45(8,40)41/h9-10,13-15,17H,11-12,16H2,1-8H3,(H,30,32,33)/i6D3,16D2. The van der Waals surface area contributed by atoms with Gasteiger partial charge in [0.25, 0.3) is 15.8 Å². The van der Waals surface area contributed by atoms with Crippen LogP contribution in [0, 0.1) is 17.0 Å². The van der Waals surface area contributed by atoms with Crippen LogP contribution in [0.3, 0.4) is 0 Å². The van der Waals surface area contributed by atoms with Gasteiger partial charge in [0.15, 0.2) is 5.82 Å². The molecule has 15 nitrogen and oxygen atoms in total. The highest BCUT2D eigenvalue weighted by Gasteiger charge is 2.40. The number of nitrogens with zero attached hydrogens (tertiary/aromatic N) is 6. The fourth-order valence-electron chi connectivity index (χ4n) is 4.48. The Morgan fingerprint density at radius 3 is 2.67 bits per heavy atom. The topological polar surface area (TPSA) is 179 Å². The molecule has 3 heterocycles. The molecule has 0 amide bonds. The summed E-state index contributed by atoms with van der Waals surface area (Å²) in [5, 5.41) is 15.1. The highest BCUT2D eigenvalue weighted by molar-refractivity contribution is 7.85. The summed E-state index contributed by atoms with van der Waals surface area (Å²) in [6.45, 7) is 2.07. The molecule has 0 fully saturated rings. The van der Waals surface area contributed by atoms with Gasteiger partial charge in [-0.15, -0.1) is 0 Å². The van der Waals surface area contributed by atoms with Gasteiger partial charge in [0.05, 0.1) is 50.8 Å². The Morgan fingerprint density at radius 1 is 1.31 bits per heavy atom. The molecule has 45 heavy (non-hydrogen) atoms. The smallest absolute Gasteiger partial charge is 0.343 e. The van der Waals surface area contributed by atoms with Gasteiger partial charge in [0.1, 0.15) is 17.0 Å². The molecule has 0 radical (unpaired) electrons. The molecule has 0 atom stereocenters. The Labute approximate surface area is 268 Å². The van der Waals surface area contributed by atoms with Crippen LogP contribution in [0.25, 0.3) is 0 Å². The maximum Gasteiger partial charge on any atom is 0.343 e. The molecule has 0 saturated heterocycles. The van der Waals surface area contributed by atoms with Gasteiger partial charge < -0.3 is 24.6 Å². The fourth-order valence-corrected chi connectivity index (χ4v) is 4.86. The second-order valence-corrected chi connectivity index (χ2v) is 12.5. The average molecular weight is 649 g/mol. The number of carbonyl (C=O) groups is 1. The van der Waals surface area contributed by atoms with Crippen LogP contribution in [-0.2, 0) is 24.5 Å². The number of aromatic nitrogens is 3. The third-order valence-corrected chi connectivity index (χ3v) is 7.02. The Bertz CT molecular complexity index is 1930. The number of ether oxygens (including phenoxy) is 2. The number of nitro benzene ring substituents is 1. The molecule has 1 aliphatic rings. The highest BCUT2D eigenvalue weighted by atomic mass is 32.2. The minimum atomic E-state index is -3.94. The van der Waals surface area contributed by atoms with Crippen molar-refractivity contribution in [1.29, 1.82) is 0 Å². The molecular formula is C29H37N7O8S. The Morgan fingerprint density at radius 2 is 2.04 bits per heavy atom. The number of hydrogen-bond donors (Lipinski definition) is 1. The Balaban J connectivity index is 1.87. The van der Waals surface area contributed by atoms with Gasteiger partial charge in [-0.25, -0.2) is 9.78 Å². The number of fused-ring (bicyclic) bond motifs is 1. The van der Waals surface area contributed by atoms with Gasteiger partial charge in [-0.1, -0.05) is 13.8 Å². The first kappa shape index (κ1) is 26.8. The molecule has 1 aliphatic heterocycles. The predicted molar refractivity (Wildman–Crippen MR) is 169 cm³/mol. The first-order valence-corrected chi connectivity index (χ1v) is 15.4. The third kappa shape index (κ3) is 7.57. The number of likely N-dealkylation sites (N-methyl/N-ethyl adjacent to an activating group) is 1. The second kappa shape index (κ2) is 12.8. The lowest BCUT2D eigenvalue weighted by molar-refractivity contribution is -0.384. The first-order valence-electron chi connectivity index (χ1n) is 16.1. The number of aryl methyl sites for hydroxylation is 1. The van der Waals surface area contributed by atoms with E-state index in [1.165, 1.54) is 12.0 Å². The van der Waals surface area contributed by atoms with Gasteiger partial charge in [0, 0.05) is 53.6 Å². The van der Waals surface area contributed by atoms with Crippen LogP contribution in [0.4, 0.5) is 34.5 Å². The quantitative estimate of drug-likeness (QED) is 0.127. The van der Waals surface area contributed by atoms with Crippen molar-refractivity contribution in [2.45, 2.75) is 46.1 Å². The molecule has 0 unspecified atom stereocenters. The number of hydrogen-bond acceptors (Lipinski definition) is 14. The summed E-state index contributed by atoms with van der Waals surface area (Å²) < 4.78 is 80.7. The molecule has 1 aromatic carbocycles. The lowest BCUT2D eigenvalue weighted by atomic mass is 9.91. The first-order chi connectivity index (χ1) is 23.0. The zero-order valence-corrected chi connectivity index (χ0v) is 26.6. The number of pyridine rings is 1. The van der Waals surface area contributed by atoms with Crippen LogP contribution in [0.15, 0.2) is 30.5 Å². The third-order valence-electron chi connectivity index (χ3n) is 6.42. The van der Waals surface area contributed by atoms with Crippen molar-refractivity contribution >= 4 is 50.6 Å². The van der Waals surface area contributed by atoms with Crippen molar-refractivity contribution in [2.24, 2.45) is 0 Å². The summed E-state index contributed by atoms with van der Waals surface area (Å²) in [5.41, 5.74) is -1.15. The van der Waals surface area contributed by atoms with E-state index in [2.05, 4.69) is 24.5 Å². The highest BCUT2D eigenvalue weighted by Crippen LogP contribution is 2.44. The summed E-state index contributed by atoms with van der Waals surface area (Å²) in [6.07, 6.45) is 1.37. The maximum atomic E-state index is 13.3. The molecule has 0 bridgehead atoms. The van der Waals surface area contributed by atoms with E-state index in [0.717, 1.165) is 24.6 Å². The van der Waals surface area contributed by atoms with Crippen molar-refractivity contribution in [3.63, 3.8) is 0 Å². The van der Waals surface area contributed by atoms with Crippen LogP contribution in [0.2, 0.25) is 0 Å². The minimum Gasteiger partial charge on any atom is -0.494 e. The van der Waals surface area contributed by atoms with Gasteiger partial charge in [-0.3, -0.25) is 19.3 Å². The van der Waals surface area contributed by atoms with E-state index in [0.29, 0.717) is 22.0 Å². The molecule has 1 N–H and O–H groups in total. The second-order valence-electron chi connectivity index (χ2n) is 10.9. The van der Waals surface area contributed by atoms with Gasteiger partial charge in [0.2, 0.25) is 5.95 Å². The molecule has 3 aromatic rings. The molecule has 0 spiro atoms. The molecule has 0 aliphatic carbocycles. The van der Waals surface area contributed by atoms with Crippen LogP contribution in [0.5, 0.6) is 5.75 Å². The molecule has 2 aromatic heterocycles. The summed E-state index contributed by atoms with van der Waals surface area (Å²) in [6, 6.07) is 5.42. The van der Waals surface area contributed by atoms with E-state index >= 15 is 0 Å². The van der Waals surface area contributed by atoms with Crippen LogP contribution in [-0.4, -0.2) is 80.4 Å². The number of anilines is 5. The number of rotatable bonds is 12. The molecule has 242 valence electrons. The van der Waals surface area contributed by atoms with Gasteiger partial charge in [-0.2, -0.15) is 13.4 Å². The van der Waals surface area contributed by atoms with Crippen LogP contribution >= 0.6 is 0 Å². The Kier molecular flexibility index (Phi) is 7.63. The number of nitrogens with one attached hydrogen (secondary N) is 1. The Hall–Kier alpha value is -4.57. The zero-order valence-electron chi connectivity index (χ0n) is 30.7. The van der Waals surface area contributed by atoms with Crippen molar-refractivity contribution < 1.29 is 38.6 Å². The lowest BCUT2D eigenvalue weighted by Gasteiger charge is -2.24. The fraction of sp³-hybridized carbons (Fsp3) is 0.448. The van der Waals surface area contributed by atoms with Crippen molar-refractivity contribution in [3.05, 3.63) is 57.5 Å². The van der Waals surface area contributed by atoms with Gasteiger partial charge >= 0.3 is 5.97 Å². The summed E-state index contributed by atoms with van der Waals surface area (Å²) >= 11 is 0. The number of nitro groups is 1. The maximum absolute atomic E-state index is 13.3. The van der Waals surface area contributed by atoms with E-state index in [9.17, 15) is 26.1 Å². The molecule has 16 heteroatoms. The van der Waals surface area contributed by atoms with Crippen LogP contribution in [0.1, 0.15) is 56.3 Å². The largest absolute Gasteiger partial charge is 0.494 e. The predicted octanol–water partition coefficient (Wildman–Crippen LogP) is 4.25.